The Labute approximate surface area is 129 Å². The molecule has 0 saturated carbocycles. The molecule has 1 aliphatic rings. The second-order valence-corrected chi connectivity index (χ2v) is 5.90. The van der Waals surface area contributed by atoms with Crippen molar-refractivity contribution in [3.05, 3.63) is 27.7 Å². The number of ether oxygens (including phenoxy) is 2. The first-order valence-electron chi connectivity index (χ1n) is 7.17. The topological polar surface area (TPSA) is 30.5 Å². The van der Waals surface area contributed by atoms with Crippen LogP contribution in [-0.4, -0.2) is 26.3 Å². The maximum absolute atomic E-state index is 5.75. The van der Waals surface area contributed by atoms with Gasteiger partial charge >= 0.3 is 0 Å². The van der Waals surface area contributed by atoms with Gasteiger partial charge in [-0.1, -0.05) is 18.6 Å². The summed E-state index contributed by atoms with van der Waals surface area (Å²) < 4.78 is 12.4. The van der Waals surface area contributed by atoms with E-state index in [-0.39, 0.29) is 0 Å². The highest BCUT2D eigenvalue weighted by Gasteiger charge is 2.14. The minimum Gasteiger partial charge on any atom is -0.489 e. The molecule has 0 fully saturated rings. The van der Waals surface area contributed by atoms with Crippen LogP contribution in [0.3, 0.4) is 0 Å². The normalized spacial score (nSPS) is 15.1. The molecule has 0 atom stereocenters. The summed E-state index contributed by atoms with van der Waals surface area (Å²) in [5.41, 5.74) is 2.44. The van der Waals surface area contributed by atoms with Crippen molar-refractivity contribution in [2.45, 2.75) is 26.7 Å². The quantitative estimate of drug-likeness (QED) is 0.822. The van der Waals surface area contributed by atoms with Crippen LogP contribution in [-0.2, 0) is 0 Å². The van der Waals surface area contributed by atoms with Gasteiger partial charge in [-0.25, -0.2) is 0 Å². The van der Waals surface area contributed by atoms with Crippen LogP contribution in [0, 0.1) is 0 Å². The average molecular weight is 340 g/mol. The Morgan fingerprint density at radius 1 is 1.35 bits per heavy atom. The predicted octanol–water partition coefficient (Wildman–Crippen LogP) is 4.01. The zero-order valence-corrected chi connectivity index (χ0v) is 13.8. The molecule has 0 radical (unpaired) electrons. The molecule has 0 bridgehead atoms. The lowest BCUT2D eigenvalue weighted by atomic mass is 10.1. The Hall–Kier alpha value is -1.00. The lowest BCUT2D eigenvalue weighted by Crippen LogP contribution is -2.16. The maximum atomic E-state index is 5.75. The van der Waals surface area contributed by atoms with Crippen molar-refractivity contribution < 1.29 is 9.47 Å². The van der Waals surface area contributed by atoms with Crippen LogP contribution >= 0.6 is 15.9 Å². The summed E-state index contributed by atoms with van der Waals surface area (Å²) in [6.45, 7) is 7.70. The third-order valence-corrected chi connectivity index (χ3v) is 3.66. The van der Waals surface area contributed by atoms with Gasteiger partial charge in [-0.3, -0.25) is 0 Å². The standard InChI is InChI=1S/C16H22BrNO2/c1-3-5-18-11-12(2)8-13-9-14(17)16-15(10-13)19-6-4-7-20-16/h8-10,18H,3-7,11H2,1-2H3. The fraction of sp³-hybridized carbons (Fsp3) is 0.500. The maximum Gasteiger partial charge on any atom is 0.175 e. The number of hydrogen-bond acceptors (Lipinski definition) is 3. The van der Waals surface area contributed by atoms with E-state index in [0.29, 0.717) is 13.2 Å². The molecule has 1 aromatic carbocycles. The molecule has 0 aromatic heterocycles. The minimum atomic E-state index is 0.709. The smallest absolute Gasteiger partial charge is 0.175 e. The van der Waals surface area contributed by atoms with Crippen LogP contribution in [0.25, 0.3) is 6.08 Å². The first-order valence-corrected chi connectivity index (χ1v) is 7.97. The average Bonchev–Trinajstić information content (AvgIpc) is 2.64. The molecule has 0 saturated heterocycles. The van der Waals surface area contributed by atoms with E-state index in [0.717, 1.165) is 47.5 Å². The summed E-state index contributed by atoms with van der Waals surface area (Å²) in [5, 5.41) is 3.41. The first kappa shape index (κ1) is 15.4. The minimum absolute atomic E-state index is 0.709. The van der Waals surface area contributed by atoms with Crippen LogP contribution < -0.4 is 14.8 Å². The summed E-state index contributed by atoms with van der Waals surface area (Å²) in [5.74, 6) is 1.65. The molecule has 0 aliphatic carbocycles. The predicted molar refractivity (Wildman–Crippen MR) is 86.6 cm³/mol. The zero-order chi connectivity index (χ0) is 14.4. The van der Waals surface area contributed by atoms with E-state index < -0.39 is 0 Å². The second kappa shape index (κ2) is 7.70. The molecule has 4 heteroatoms. The first-order chi connectivity index (χ1) is 9.70. The Morgan fingerprint density at radius 3 is 2.95 bits per heavy atom. The van der Waals surface area contributed by atoms with Crippen molar-refractivity contribution in [3.63, 3.8) is 0 Å². The highest BCUT2D eigenvalue weighted by atomic mass is 79.9. The van der Waals surface area contributed by atoms with Crippen LogP contribution in [0.5, 0.6) is 11.5 Å². The monoisotopic (exact) mass is 339 g/mol. The van der Waals surface area contributed by atoms with E-state index in [2.05, 4.69) is 53.3 Å². The zero-order valence-electron chi connectivity index (χ0n) is 12.2. The van der Waals surface area contributed by atoms with E-state index in [1.807, 2.05) is 0 Å². The van der Waals surface area contributed by atoms with Gasteiger partial charge < -0.3 is 14.8 Å². The molecule has 2 rings (SSSR count). The lowest BCUT2D eigenvalue weighted by molar-refractivity contribution is 0.296. The van der Waals surface area contributed by atoms with Crippen molar-refractivity contribution >= 4 is 22.0 Å². The number of fused-ring (bicyclic) bond motifs is 1. The second-order valence-electron chi connectivity index (χ2n) is 5.05. The van der Waals surface area contributed by atoms with E-state index in [4.69, 9.17) is 9.47 Å². The Bertz CT molecular complexity index is 486. The largest absolute Gasteiger partial charge is 0.489 e. The molecule has 1 aromatic rings. The number of benzene rings is 1. The Kier molecular flexibility index (Phi) is 5.92. The molecular formula is C16H22BrNO2. The number of hydrogen-bond donors (Lipinski definition) is 1. The van der Waals surface area contributed by atoms with E-state index in [1.165, 1.54) is 5.57 Å². The van der Waals surface area contributed by atoms with Crippen LogP contribution in [0.15, 0.2) is 22.2 Å². The number of rotatable bonds is 5. The van der Waals surface area contributed by atoms with Gasteiger partial charge in [0.05, 0.1) is 17.7 Å². The Balaban J connectivity index is 2.14. The van der Waals surface area contributed by atoms with Gasteiger partial charge in [0.15, 0.2) is 11.5 Å². The SMILES string of the molecule is CCCNCC(C)=Cc1cc(Br)c2c(c1)OCCCO2. The Morgan fingerprint density at radius 2 is 2.15 bits per heavy atom. The van der Waals surface area contributed by atoms with Crippen molar-refractivity contribution in [1.82, 2.24) is 5.32 Å². The lowest BCUT2D eigenvalue weighted by Gasteiger charge is -2.11. The fourth-order valence-electron chi connectivity index (χ4n) is 2.13. The summed E-state index contributed by atoms with van der Waals surface area (Å²) >= 11 is 3.57. The van der Waals surface area contributed by atoms with Crippen LogP contribution in [0.2, 0.25) is 0 Å². The van der Waals surface area contributed by atoms with Crippen molar-refractivity contribution in [1.29, 1.82) is 0 Å². The fourth-order valence-corrected chi connectivity index (χ4v) is 2.71. The highest BCUT2D eigenvalue weighted by molar-refractivity contribution is 9.10. The third kappa shape index (κ3) is 4.25. The van der Waals surface area contributed by atoms with Gasteiger partial charge in [0, 0.05) is 13.0 Å². The molecule has 1 N–H and O–H groups in total. The highest BCUT2D eigenvalue weighted by Crippen LogP contribution is 2.38. The number of halogens is 1. The van der Waals surface area contributed by atoms with Gasteiger partial charge in [0.1, 0.15) is 0 Å². The molecule has 1 heterocycles. The molecule has 0 amide bonds. The summed E-state index contributed by atoms with van der Waals surface area (Å²) in [4.78, 5) is 0. The molecule has 0 unspecified atom stereocenters. The van der Waals surface area contributed by atoms with Crippen LogP contribution in [0.4, 0.5) is 0 Å². The summed E-state index contributed by atoms with van der Waals surface area (Å²) in [7, 11) is 0. The van der Waals surface area contributed by atoms with Gasteiger partial charge in [-0.2, -0.15) is 0 Å². The van der Waals surface area contributed by atoms with Gasteiger partial charge in [0.25, 0.3) is 0 Å². The van der Waals surface area contributed by atoms with E-state index in [9.17, 15) is 0 Å². The van der Waals surface area contributed by atoms with Crippen molar-refractivity contribution in [3.8, 4) is 11.5 Å². The summed E-state index contributed by atoms with van der Waals surface area (Å²) in [6, 6.07) is 4.13. The third-order valence-electron chi connectivity index (χ3n) is 3.07. The number of nitrogens with one attached hydrogen (secondary N) is 1. The molecular weight excluding hydrogens is 318 g/mol. The van der Waals surface area contributed by atoms with E-state index in [1.54, 1.807) is 0 Å². The van der Waals surface area contributed by atoms with Gasteiger partial charge in [-0.15, -0.1) is 0 Å². The molecule has 3 nitrogen and oxygen atoms in total. The van der Waals surface area contributed by atoms with Crippen molar-refractivity contribution in [2.75, 3.05) is 26.3 Å². The molecule has 1 aliphatic heterocycles. The molecule has 20 heavy (non-hydrogen) atoms. The molecule has 0 spiro atoms. The van der Waals surface area contributed by atoms with Gasteiger partial charge in [-0.05, 0) is 53.5 Å². The van der Waals surface area contributed by atoms with Crippen molar-refractivity contribution in [2.24, 2.45) is 0 Å². The van der Waals surface area contributed by atoms with Gasteiger partial charge in [0.2, 0.25) is 0 Å². The molecule has 110 valence electrons. The van der Waals surface area contributed by atoms with E-state index >= 15 is 0 Å². The van der Waals surface area contributed by atoms with Crippen LogP contribution in [0.1, 0.15) is 32.3 Å². The summed E-state index contributed by atoms with van der Waals surface area (Å²) in [6.07, 6.45) is 4.26.